The molecule has 10 heteroatoms. The summed E-state index contributed by atoms with van der Waals surface area (Å²) in [6.07, 6.45) is 0. The van der Waals surface area contributed by atoms with E-state index in [1.165, 1.54) is 23.5 Å². The van der Waals surface area contributed by atoms with Gasteiger partial charge in [-0.3, -0.25) is 19.3 Å². The minimum atomic E-state index is -4.11. The van der Waals surface area contributed by atoms with Crippen LogP contribution in [0.25, 0.3) is 0 Å². The maximum atomic E-state index is 13.5. The molecule has 0 atom stereocenters. The van der Waals surface area contributed by atoms with E-state index in [9.17, 15) is 18.5 Å². The summed E-state index contributed by atoms with van der Waals surface area (Å²) in [5.74, 6) is 0.0582. The Morgan fingerprint density at radius 2 is 1.86 bits per heavy atom. The van der Waals surface area contributed by atoms with E-state index in [0.717, 1.165) is 19.2 Å². The number of hydrogen-bond donors (Lipinski definition) is 0. The van der Waals surface area contributed by atoms with E-state index in [1.54, 1.807) is 30.3 Å². The van der Waals surface area contributed by atoms with E-state index < -0.39 is 14.9 Å². The van der Waals surface area contributed by atoms with Gasteiger partial charge in [0.2, 0.25) is 0 Å². The number of nitro benzene ring substituents is 1. The minimum absolute atomic E-state index is 0.0582. The molecule has 1 aliphatic rings. The molecule has 3 rings (SSSR count). The molecule has 0 bridgehead atoms. The Balaban J connectivity index is 1.99. The van der Waals surface area contributed by atoms with Crippen LogP contribution in [-0.4, -0.2) is 64.7 Å². The second-order valence-corrected chi connectivity index (χ2v) is 8.29. The molecule has 0 radical (unpaired) electrons. The van der Waals surface area contributed by atoms with Crippen molar-refractivity contribution >= 4 is 21.4 Å². The third-order valence-electron chi connectivity index (χ3n) is 4.69. The van der Waals surface area contributed by atoms with Crippen LogP contribution >= 0.6 is 0 Å². The molecule has 1 heterocycles. The number of hydrogen-bond acceptors (Lipinski definition) is 7. The molecule has 156 valence electrons. The first-order chi connectivity index (χ1) is 13.9. The van der Waals surface area contributed by atoms with Crippen molar-refractivity contribution in [2.24, 2.45) is 0 Å². The number of sulfonamides is 1. The summed E-state index contributed by atoms with van der Waals surface area (Å²) in [5, 5.41) is 11.2. The molecule has 0 N–H and O–H groups in total. The summed E-state index contributed by atoms with van der Waals surface area (Å²) < 4.78 is 38.9. The zero-order chi connectivity index (χ0) is 20.9. The van der Waals surface area contributed by atoms with Crippen molar-refractivity contribution in [2.75, 3.05) is 50.8 Å². The lowest BCUT2D eigenvalue weighted by Crippen LogP contribution is -2.43. The van der Waals surface area contributed by atoms with Crippen molar-refractivity contribution in [1.29, 1.82) is 0 Å². The molecular weight excluding hydrogens is 398 g/mol. The van der Waals surface area contributed by atoms with Gasteiger partial charge in [0.1, 0.15) is 10.6 Å². The third-order valence-corrected chi connectivity index (χ3v) is 6.54. The smallest absolute Gasteiger partial charge is 0.271 e. The van der Waals surface area contributed by atoms with Crippen LogP contribution < -0.4 is 9.04 Å². The van der Waals surface area contributed by atoms with Crippen molar-refractivity contribution in [3.05, 3.63) is 58.6 Å². The normalized spacial score (nSPS) is 15.1. The number of rotatable bonds is 8. The van der Waals surface area contributed by atoms with Crippen molar-refractivity contribution in [2.45, 2.75) is 4.90 Å². The van der Waals surface area contributed by atoms with Crippen LogP contribution in [0.5, 0.6) is 5.75 Å². The first-order valence-electron chi connectivity index (χ1n) is 9.14. The molecule has 29 heavy (non-hydrogen) atoms. The highest BCUT2D eigenvalue weighted by Crippen LogP contribution is 2.32. The summed E-state index contributed by atoms with van der Waals surface area (Å²) in [6.45, 7) is 3.37. The quantitative estimate of drug-likeness (QED) is 0.475. The summed E-state index contributed by atoms with van der Waals surface area (Å²) >= 11 is 0. The molecule has 2 aromatic rings. The Bertz CT molecular complexity index is 946. The highest BCUT2D eigenvalue weighted by atomic mass is 32.2. The van der Waals surface area contributed by atoms with Gasteiger partial charge in [0, 0.05) is 38.3 Å². The maximum Gasteiger partial charge on any atom is 0.271 e. The van der Waals surface area contributed by atoms with Crippen molar-refractivity contribution in [1.82, 2.24) is 4.90 Å². The monoisotopic (exact) mass is 421 g/mol. The van der Waals surface area contributed by atoms with Gasteiger partial charge in [0.25, 0.3) is 15.7 Å². The van der Waals surface area contributed by atoms with Crippen LogP contribution in [0, 0.1) is 10.1 Å². The number of methoxy groups -OCH3 is 1. The highest BCUT2D eigenvalue weighted by molar-refractivity contribution is 7.93. The zero-order valence-corrected chi connectivity index (χ0v) is 16.9. The van der Waals surface area contributed by atoms with Gasteiger partial charge >= 0.3 is 0 Å². The zero-order valence-electron chi connectivity index (χ0n) is 16.1. The van der Waals surface area contributed by atoms with Crippen molar-refractivity contribution < 1.29 is 22.8 Å². The average Bonchev–Trinajstić information content (AvgIpc) is 2.74. The van der Waals surface area contributed by atoms with Gasteiger partial charge in [0.15, 0.2) is 0 Å². The summed E-state index contributed by atoms with van der Waals surface area (Å²) in [7, 11) is -2.77. The van der Waals surface area contributed by atoms with Gasteiger partial charge in [-0.15, -0.1) is 0 Å². The number of nitro groups is 1. The Morgan fingerprint density at radius 1 is 1.17 bits per heavy atom. The van der Waals surface area contributed by atoms with Crippen molar-refractivity contribution in [3.63, 3.8) is 0 Å². The predicted molar refractivity (Wildman–Crippen MR) is 108 cm³/mol. The van der Waals surface area contributed by atoms with E-state index in [2.05, 4.69) is 4.90 Å². The Kier molecular flexibility index (Phi) is 6.68. The fourth-order valence-corrected chi connectivity index (χ4v) is 4.77. The van der Waals surface area contributed by atoms with E-state index in [0.29, 0.717) is 25.4 Å². The minimum Gasteiger partial charge on any atom is -0.495 e. The Hall–Kier alpha value is -2.69. The molecule has 0 saturated carbocycles. The molecule has 0 aliphatic carbocycles. The van der Waals surface area contributed by atoms with E-state index in [1.807, 2.05) is 0 Å². The number of benzene rings is 2. The fourth-order valence-electron chi connectivity index (χ4n) is 3.14. The number of anilines is 1. The highest BCUT2D eigenvalue weighted by Gasteiger charge is 2.30. The largest absolute Gasteiger partial charge is 0.495 e. The van der Waals surface area contributed by atoms with Gasteiger partial charge in [-0.1, -0.05) is 18.2 Å². The number of morpholine rings is 1. The second kappa shape index (κ2) is 9.21. The molecule has 1 fully saturated rings. The third kappa shape index (κ3) is 4.84. The fraction of sp³-hybridized carbons (Fsp3) is 0.368. The van der Waals surface area contributed by atoms with Crippen LogP contribution in [0.4, 0.5) is 11.4 Å². The Labute approximate surface area is 169 Å². The number of ether oxygens (including phenoxy) is 2. The maximum absolute atomic E-state index is 13.5. The van der Waals surface area contributed by atoms with E-state index in [4.69, 9.17) is 9.47 Å². The van der Waals surface area contributed by atoms with Crippen LogP contribution in [0.3, 0.4) is 0 Å². The first-order valence-corrected chi connectivity index (χ1v) is 10.6. The van der Waals surface area contributed by atoms with E-state index >= 15 is 0 Å². The van der Waals surface area contributed by atoms with Gasteiger partial charge in [-0.2, -0.15) is 0 Å². The molecule has 1 saturated heterocycles. The summed E-state index contributed by atoms with van der Waals surface area (Å²) in [5.41, 5.74) is 0.167. The molecule has 0 amide bonds. The summed E-state index contributed by atoms with van der Waals surface area (Å²) in [6, 6.07) is 12.2. The van der Waals surface area contributed by atoms with E-state index in [-0.39, 0.29) is 22.9 Å². The van der Waals surface area contributed by atoms with Gasteiger partial charge in [-0.25, -0.2) is 8.42 Å². The number of non-ortho nitro benzene ring substituents is 1. The molecular formula is C19H23N3O6S. The molecule has 1 aliphatic heterocycles. The topological polar surface area (TPSA) is 102 Å². The summed E-state index contributed by atoms with van der Waals surface area (Å²) in [4.78, 5) is 12.5. The predicted octanol–water partition coefficient (Wildman–Crippen LogP) is 2.13. The lowest BCUT2D eigenvalue weighted by atomic mass is 10.3. The van der Waals surface area contributed by atoms with Gasteiger partial charge in [-0.05, 0) is 18.2 Å². The van der Waals surface area contributed by atoms with Crippen LogP contribution in [0.1, 0.15) is 0 Å². The average molecular weight is 421 g/mol. The first kappa shape index (κ1) is 21.0. The standard InChI is InChI=1S/C19H23N3O6S/c1-27-18-8-7-17(22(23)24)15-19(18)29(25,26)21(16-5-3-2-4-6-16)10-9-20-11-13-28-14-12-20/h2-8,15H,9-14H2,1H3. The van der Waals surface area contributed by atoms with Crippen LogP contribution in [0.15, 0.2) is 53.4 Å². The van der Waals surface area contributed by atoms with Crippen LogP contribution in [0.2, 0.25) is 0 Å². The van der Waals surface area contributed by atoms with Crippen LogP contribution in [-0.2, 0) is 14.8 Å². The lowest BCUT2D eigenvalue weighted by Gasteiger charge is -2.31. The second-order valence-electron chi connectivity index (χ2n) is 6.46. The molecule has 0 aromatic heterocycles. The molecule has 9 nitrogen and oxygen atoms in total. The SMILES string of the molecule is COc1ccc([N+](=O)[O-])cc1S(=O)(=O)N(CCN1CCOCC1)c1ccccc1. The Morgan fingerprint density at radius 3 is 2.48 bits per heavy atom. The van der Waals surface area contributed by atoms with Gasteiger partial charge in [0.05, 0.1) is 30.9 Å². The lowest BCUT2D eigenvalue weighted by molar-refractivity contribution is -0.385. The van der Waals surface area contributed by atoms with Gasteiger partial charge < -0.3 is 9.47 Å². The number of para-hydroxylation sites is 1. The number of nitrogens with zero attached hydrogens (tertiary/aromatic N) is 3. The molecule has 0 unspecified atom stereocenters. The molecule has 0 spiro atoms. The molecule has 2 aromatic carbocycles. The van der Waals surface area contributed by atoms with Crippen molar-refractivity contribution in [3.8, 4) is 5.75 Å².